The van der Waals surface area contributed by atoms with E-state index in [9.17, 15) is 22.8 Å². The fourth-order valence-electron chi connectivity index (χ4n) is 1.75. The van der Waals surface area contributed by atoms with E-state index >= 15 is 0 Å². The molecular formula is C14H15F3N2O3Se. The number of nitrogens with one attached hydrogen (secondary N) is 1. The predicted octanol–water partition coefficient (Wildman–Crippen LogP) is 2.13. The first-order valence-corrected chi connectivity index (χ1v) is 8.34. The molecular weight excluding hydrogens is 380 g/mol. The Morgan fingerprint density at radius 3 is 2.57 bits per heavy atom. The molecule has 0 atom stereocenters. The Morgan fingerprint density at radius 1 is 1.30 bits per heavy atom. The molecule has 0 spiro atoms. The summed E-state index contributed by atoms with van der Waals surface area (Å²) in [5.41, 5.74) is -2.53. The van der Waals surface area contributed by atoms with Crippen LogP contribution in [0.3, 0.4) is 0 Å². The van der Waals surface area contributed by atoms with E-state index in [1.165, 1.54) is 0 Å². The van der Waals surface area contributed by atoms with Crippen LogP contribution in [0.5, 0.6) is 0 Å². The SMILES string of the molecule is CC(C)(NC(=O)OCCn1[se]c2ccccc2c1=O)C(F)(F)F. The summed E-state index contributed by atoms with van der Waals surface area (Å²) >= 11 is -0.210. The van der Waals surface area contributed by atoms with Gasteiger partial charge in [-0.2, -0.15) is 0 Å². The Bertz CT molecular complexity index is 764. The van der Waals surface area contributed by atoms with Crippen LogP contribution in [0.15, 0.2) is 29.1 Å². The summed E-state index contributed by atoms with van der Waals surface area (Å²) < 4.78 is 45.2. The number of alkyl carbamates (subject to hydrolysis) is 1. The molecule has 1 aromatic carbocycles. The molecule has 0 radical (unpaired) electrons. The molecule has 0 aliphatic heterocycles. The number of fused-ring (bicyclic) bond motifs is 1. The van der Waals surface area contributed by atoms with Gasteiger partial charge in [-0.3, -0.25) is 0 Å². The van der Waals surface area contributed by atoms with Crippen molar-refractivity contribution in [2.45, 2.75) is 32.1 Å². The molecule has 1 amide bonds. The molecule has 0 bridgehead atoms. The summed E-state index contributed by atoms with van der Waals surface area (Å²) in [5, 5.41) is 2.39. The van der Waals surface area contributed by atoms with E-state index in [-0.39, 0.29) is 33.4 Å². The summed E-state index contributed by atoms with van der Waals surface area (Å²) in [6.07, 6.45) is -5.74. The number of hydrogen-bond donors (Lipinski definition) is 1. The average Bonchev–Trinajstić information content (AvgIpc) is 2.74. The van der Waals surface area contributed by atoms with Crippen molar-refractivity contribution < 1.29 is 22.7 Å². The number of benzene rings is 1. The normalized spacial score (nSPS) is 12.4. The molecule has 2 aromatic rings. The number of rotatable bonds is 4. The van der Waals surface area contributed by atoms with Crippen LogP contribution in [0, 0.1) is 0 Å². The first kappa shape index (κ1) is 17.6. The van der Waals surface area contributed by atoms with Crippen LogP contribution in [0.25, 0.3) is 9.65 Å². The van der Waals surface area contributed by atoms with Crippen LogP contribution in [0.1, 0.15) is 13.8 Å². The molecule has 9 heteroatoms. The number of aromatic nitrogens is 1. The monoisotopic (exact) mass is 396 g/mol. The fourth-order valence-corrected chi connectivity index (χ4v) is 3.80. The summed E-state index contributed by atoms with van der Waals surface area (Å²) in [6.45, 7) is 1.67. The minimum absolute atomic E-state index is 0.146. The molecule has 0 saturated carbocycles. The van der Waals surface area contributed by atoms with Gasteiger partial charge in [0.2, 0.25) is 0 Å². The second-order valence-corrected chi connectivity index (χ2v) is 7.61. The zero-order valence-electron chi connectivity index (χ0n) is 12.4. The zero-order chi connectivity index (χ0) is 17.3. The Kier molecular flexibility index (Phi) is 4.91. The molecule has 1 N–H and O–H groups in total. The van der Waals surface area contributed by atoms with Gasteiger partial charge in [-0.05, 0) is 0 Å². The molecule has 1 aromatic heterocycles. The average molecular weight is 395 g/mol. The first-order valence-electron chi connectivity index (χ1n) is 6.72. The van der Waals surface area contributed by atoms with E-state index in [0.717, 1.165) is 18.1 Å². The minimum atomic E-state index is -4.58. The molecule has 2 rings (SSSR count). The Morgan fingerprint density at radius 2 is 1.96 bits per heavy atom. The standard InChI is InChI=1S/C14H15F3N2O3Se/c1-13(2,14(15,16)17)18-12(21)22-8-7-19-11(20)9-5-3-4-6-10(9)23-19/h3-6H,7-8H2,1-2H3,(H,18,21). The summed E-state index contributed by atoms with van der Waals surface area (Å²) in [6, 6.07) is 7.17. The van der Waals surface area contributed by atoms with Gasteiger partial charge < -0.3 is 0 Å². The van der Waals surface area contributed by atoms with Gasteiger partial charge in [-0.25, -0.2) is 0 Å². The second kappa shape index (κ2) is 6.41. The van der Waals surface area contributed by atoms with Crippen molar-refractivity contribution in [3.8, 4) is 0 Å². The topological polar surface area (TPSA) is 60.3 Å². The van der Waals surface area contributed by atoms with Gasteiger partial charge in [-0.1, -0.05) is 0 Å². The third-order valence-electron chi connectivity index (χ3n) is 3.20. The van der Waals surface area contributed by atoms with Gasteiger partial charge in [0.15, 0.2) is 0 Å². The molecule has 0 saturated heterocycles. The van der Waals surface area contributed by atoms with E-state index in [1.54, 1.807) is 21.0 Å². The van der Waals surface area contributed by atoms with Gasteiger partial charge in [0.25, 0.3) is 0 Å². The summed E-state index contributed by atoms with van der Waals surface area (Å²) in [5.74, 6) is 0. The number of carbonyl (C=O) groups is 1. The van der Waals surface area contributed by atoms with Crippen LogP contribution in [0.4, 0.5) is 18.0 Å². The number of alkyl halides is 3. The van der Waals surface area contributed by atoms with Gasteiger partial charge in [-0.15, -0.1) is 0 Å². The van der Waals surface area contributed by atoms with Crippen molar-refractivity contribution in [1.82, 2.24) is 8.88 Å². The van der Waals surface area contributed by atoms with Crippen molar-refractivity contribution >= 4 is 30.5 Å². The number of ether oxygens (including phenoxy) is 1. The molecule has 5 nitrogen and oxygen atoms in total. The van der Waals surface area contributed by atoms with Crippen LogP contribution in [-0.4, -0.2) is 42.7 Å². The molecule has 1 heterocycles. The number of carbonyl (C=O) groups excluding carboxylic acids is 1. The van der Waals surface area contributed by atoms with Crippen LogP contribution < -0.4 is 10.9 Å². The maximum atomic E-state index is 12.6. The quantitative estimate of drug-likeness (QED) is 0.807. The number of halogens is 3. The fraction of sp³-hybridized carbons (Fsp3) is 0.429. The summed E-state index contributed by atoms with van der Waals surface area (Å²) in [7, 11) is 0. The Hall–Kier alpha value is -1.73. The van der Waals surface area contributed by atoms with Crippen molar-refractivity contribution in [1.29, 1.82) is 0 Å². The van der Waals surface area contributed by atoms with Crippen molar-refractivity contribution in [2.24, 2.45) is 0 Å². The number of hydrogen-bond acceptors (Lipinski definition) is 3. The van der Waals surface area contributed by atoms with E-state index in [0.29, 0.717) is 5.39 Å². The third kappa shape index (κ3) is 3.97. The van der Waals surface area contributed by atoms with Crippen LogP contribution >= 0.6 is 0 Å². The van der Waals surface area contributed by atoms with Gasteiger partial charge in [0.05, 0.1) is 0 Å². The van der Waals surface area contributed by atoms with E-state index in [1.807, 2.05) is 12.1 Å². The first-order chi connectivity index (χ1) is 10.6. The molecule has 0 fully saturated rings. The summed E-state index contributed by atoms with van der Waals surface area (Å²) in [4.78, 5) is 23.5. The van der Waals surface area contributed by atoms with Crippen molar-refractivity contribution in [3.63, 3.8) is 0 Å². The Labute approximate surface area is 136 Å². The van der Waals surface area contributed by atoms with E-state index < -0.39 is 17.8 Å². The van der Waals surface area contributed by atoms with Crippen LogP contribution in [0.2, 0.25) is 0 Å². The number of nitrogens with zero attached hydrogens (tertiary/aromatic N) is 1. The predicted molar refractivity (Wildman–Crippen MR) is 79.8 cm³/mol. The van der Waals surface area contributed by atoms with Gasteiger partial charge >= 0.3 is 135 Å². The van der Waals surface area contributed by atoms with Crippen molar-refractivity contribution in [2.75, 3.05) is 6.61 Å². The molecule has 0 unspecified atom stereocenters. The van der Waals surface area contributed by atoms with Crippen LogP contribution in [-0.2, 0) is 11.3 Å². The molecule has 23 heavy (non-hydrogen) atoms. The zero-order valence-corrected chi connectivity index (χ0v) is 14.2. The maximum absolute atomic E-state index is 12.6. The third-order valence-corrected chi connectivity index (χ3v) is 5.56. The van der Waals surface area contributed by atoms with E-state index in [2.05, 4.69) is 0 Å². The number of amides is 1. The molecule has 0 aliphatic rings. The molecule has 126 valence electrons. The Balaban J connectivity index is 1.93. The van der Waals surface area contributed by atoms with E-state index in [4.69, 9.17) is 4.74 Å². The van der Waals surface area contributed by atoms with Crippen molar-refractivity contribution in [3.05, 3.63) is 34.6 Å². The van der Waals surface area contributed by atoms with Gasteiger partial charge in [0, 0.05) is 0 Å². The second-order valence-electron chi connectivity index (χ2n) is 5.38. The van der Waals surface area contributed by atoms with Gasteiger partial charge in [0.1, 0.15) is 0 Å². The molecule has 0 aliphatic carbocycles.